The van der Waals surface area contributed by atoms with Gasteiger partial charge in [-0.3, -0.25) is 0 Å². The minimum absolute atomic E-state index is 0.0119. The second-order valence-electron chi connectivity index (χ2n) is 3.31. The zero-order chi connectivity index (χ0) is 11.1. The third-order valence-electron chi connectivity index (χ3n) is 2.13. The number of hydrogen-bond donors (Lipinski definition) is 2. The number of aliphatic hydroxyl groups excluding tert-OH is 1. The van der Waals surface area contributed by atoms with Crippen molar-refractivity contribution in [2.45, 2.75) is 12.6 Å². The molecule has 84 valence electrons. The molecule has 0 bridgehead atoms. The summed E-state index contributed by atoms with van der Waals surface area (Å²) < 4.78 is 6.05. The van der Waals surface area contributed by atoms with E-state index in [0.29, 0.717) is 6.61 Å². The van der Waals surface area contributed by atoms with Crippen molar-refractivity contribution in [3.63, 3.8) is 0 Å². The van der Waals surface area contributed by atoms with Crippen LogP contribution in [0.3, 0.4) is 0 Å². The van der Waals surface area contributed by atoms with Crippen LogP contribution in [0.2, 0.25) is 0 Å². The summed E-state index contributed by atoms with van der Waals surface area (Å²) in [5.41, 5.74) is 1.17. The summed E-state index contributed by atoms with van der Waals surface area (Å²) in [5, 5.41) is 12.3. The summed E-state index contributed by atoms with van der Waals surface area (Å²) in [6.45, 7) is 1.31. The zero-order valence-electron chi connectivity index (χ0n) is 8.74. The van der Waals surface area contributed by atoms with E-state index in [2.05, 4.69) is 21.2 Å². The first kappa shape index (κ1) is 12.6. The molecular weight excluding hydrogens is 258 g/mol. The van der Waals surface area contributed by atoms with E-state index in [4.69, 9.17) is 9.84 Å². The summed E-state index contributed by atoms with van der Waals surface area (Å²) in [7, 11) is 1.63. The molecule has 1 rings (SSSR count). The monoisotopic (exact) mass is 273 g/mol. The fourth-order valence-electron chi connectivity index (χ4n) is 1.27. The highest BCUT2D eigenvalue weighted by atomic mass is 79.9. The van der Waals surface area contributed by atoms with Crippen LogP contribution in [0.1, 0.15) is 5.56 Å². The molecule has 0 aliphatic carbocycles. The minimum atomic E-state index is -0.0119. The Balaban J connectivity index is 2.45. The molecule has 0 heterocycles. The van der Waals surface area contributed by atoms with Crippen LogP contribution in [-0.4, -0.2) is 31.5 Å². The van der Waals surface area contributed by atoms with E-state index in [1.54, 1.807) is 7.11 Å². The van der Waals surface area contributed by atoms with Crippen molar-refractivity contribution in [3.8, 4) is 0 Å². The van der Waals surface area contributed by atoms with Crippen molar-refractivity contribution in [3.05, 3.63) is 34.3 Å². The molecule has 3 nitrogen and oxygen atoms in total. The van der Waals surface area contributed by atoms with E-state index in [9.17, 15) is 0 Å². The second-order valence-corrected chi connectivity index (χ2v) is 4.16. The molecule has 4 heteroatoms. The van der Waals surface area contributed by atoms with Crippen LogP contribution < -0.4 is 5.32 Å². The third-order valence-corrected chi connectivity index (χ3v) is 2.90. The molecule has 0 radical (unpaired) electrons. The number of ether oxygens (including phenoxy) is 1. The average Bonchev–Trinajstić information content (AvgIpc) is 2.26. The number of rotatable bonds is 6. The van der Waals surface area contributed by atoms with Gasteiger partial charge in [0.05, 0.1) is 19.3 Å². The molecule has 15 heavy (non-hydrogen) atoms. The highest BCUT2D eigenvalue weighted by molar-refractivity contribution is 9.10. The molecule has 0 saturated carbocycles. The minimum Gasteiger partial charge on any atom is -0.395 e. The normalized spacial score (nSPS) is 12.7. The lowest BCUT2D eigenvalue weighted by molar-refractivity contribution is 0.128. The largest absolute Gasteiger partial charge is 0.395 e. The molecule has 1 aromatic carbocycles. The summed E-state index contributed by atoms with van der Waals surface area (Å²) in [6, 6.07) is 8.00. The number of benzene rings is 1. The number of nitrogens with one attached hydrogen (secondary N) is 1. The SMILES string of the molecule is COCC(CO)NCc1ccccc1Br. The van der Waals surface area contributed by atoms with Crippen molar-refractivity contribution in [2.75, 3.05) is 20.3 Å². The number of halogens is 1. The molecule has 2 N–H and O–H groups in total. The average molecular weight is 274 g/mol. The van der Waals surface area contributed by atoms with Gasteiger partial charge in [0.1, 0.15) is 0 Å². The number of methoxy groups -OCH3 is 1. The molecule has 0 amide bonds. The summed E-state index contributed by atoms with van der Waals surface area (Å²) in [6.07, 6.45) is 0. The smallest absolute Gasteiger partial charge is 0.0638 e. The van der Waals surface area contributed by atoms with Gasteiger partial charge in [-0.2, -0.15) is 0 Å². The van der Waals surface area contributed by atoms with E-state index < -0.39 is 0 Å². The van der Waals surface area contributed by atoms with Gasteiger partial charge in [-0.1, -0.05) is 34.1 Å². The highest BCUT2D eigenvalue weighted by Crippen LogP contribution is 2.15. The van der Waals surface area contributed by atoms with E-state index in [1.165, 1.54) is 5.56 Å². The van der Waals surface area contributed by atoms with Gasteiger partial charge in [-0.25, -0.2) is 0 Å². The summed E-state index contributed by atoms with van der Waals surface area (Å²) in [5.74, 6) is 0. The predicted octanol–water partition coefficient (Wildman–Crippen LogP) is 1.55. The Morgan fingerprint density at radius 1 is 1.47 bits per heavy atom. The lowest BCUT2D eigenvalue weighted by Gasteiger charge is -2.15. The van der Waals surface area contributed by atoms with E-state index in [-0.39, 0.29) is 12.6 Å². The standard InChI is InChI=1S/C11H16BrNO2/c1-15-8-10(7-14)13-6-9-4-2-3-5-11(9)12/h2-5,10,13-14H,6-8H2,1H3. The Bertz CT molecular complexity index is 294. The van der Waals surface area contributed by atoms with Gasteiger partial charge >= 0.3 is 0 Å². The van der Waals surface area contributed by atoms with Gasteiger partial charge in [-0.05, 0) is 11.6 Å². The molecular formula is C11H16BrNO2. The van der Waals surface area contributed by atoms with Crippen molar-refractivity contribution in [1.29, 1.82) is 0 Å². The first-order chi connectivity index (χ1) is 7.27. The predicted molar refractivity (Wildman–Crippen MR) is 63.7 cm³/mol. The second kappa shape index (κ2) is 6.95. The molecule has 1 atom stereocenters. The van der Waals surface area contributed by atoms with Gasteiger partial charge in [-0.15, -0.1) is 0 Å². The molecule has 0 spiro atoms. The Hall–Kier alpha value is -0.420. The Labute approximate surface area is 98.6 Å². The van der Waals surface area contributed by atoms with Crippen molar-refractivity contribution in [2.24, 2.45) is 0 Å². The molecule has 0 aromatic heterocycles. The Morgan fingerprint density at radius 3 is 2.80 bits per heavy atom. The quantitative estimate of drug-likeness (QED) is 0.827. The molecule has 0 fully saturated rings. The number of hydrogen-bond acceptors (Lipinski definition) is 3. The molecule has 0 aliphatic rings. The fraction of sp³-hybridized carbons (Fsp3) is 0.455. The maximum Gasteiger partial charge on any atom is 0.0638 e. The van der Waals surface area contributed by atoms with Crippen molar-refractivity contribution in [1.82, 2.24) is 5.32 Å². The maximum atomic E-state index is 9.05. The first-order valence-corrected chi connectivity index (χ1v) is 5.63. The van der Waals surface area contributed by atoms with Gasteiger partial charge < -0.3 is 15.2 Å². The molecule has 1 aromatic rings. The van der Waals surface area contributed by atoms with Gasteiger partial charge in [0.25, 0.3) is 0 Å². The fourth-order valence-corrected chi connectivity index (χ4v) is 1.70. The van der Waals surface area contributed by atoms with Crippen LogP contribution in [0.5, 0.6) is 0 Å². The highest BCUT2D eigenvalue weighted by Gasteiger charge is 2.06. The van der Waals surface area contributed by atoms with Gasteiger partial charge in [0.2, 0.25) is 0 Å². The topological polar surface area (TPSA) is 41.5 Å². The molecule has 0 saturated heterocycles. The zero-order valence-corrected chi connectivity index (χ0v) is 10.3. The molecule has 0 aliphatic heterocycles. The third kappa shape index (κ3) is 4.30. The first-order valence-electron chi connectivity index (χ1n) is 4.84. The van der Waals surface area contributed by atoms with Crippen LogP contribution in [0.4, 0.5) is 0 Å². The van der Waals surface area contributed by atoms with E-state index in [1.807, 2.05) is 24.3 Å². The summed E-state index contributed by atoms with van der Waals surface area (Å²) >= 11 is 3.47. The number of aliphatic hydroxyl groups is 1. The van der Waals surface area contributed by atoms with Gasteiger partial charge in [0.15, 0.2) is 0 Å². The van der Waals surface area contributed by atoms with Crippen LogP contribution in [0.25, 0.3) is 0 Å². The van der Waals surface area contributed by atoms with E-state index >= 15 is 0 Å². The summed E-state index contributed by atoms with van der Waals surface area (Å²) in [4.78, 5) is 0. The Morgan fingerprint density at radius 2 is 2.20 bits per heavy atom. The lowest BCUT2D eigenvalue weighted by Crippen LogP contribution is -2.35. The van der Waals surface area contributed by atoms with Crippen LogP contribution in [-0.2, 0) is 11.3 Å². The maximum absolute atomic E-state index is 9.05. The van der Waals surface area contributed by atoms with E-state index in [0.717, 1.165) is 11.0 Å². The van der Waals surface area contributed by atoms with Crippen LogP contribution >= 0.6 is 15.9 Å². The van der Waals surface area contributed by atoms with Crippen LogP contribution in [0.15, 0.2) is 28.7 Å². The van der Waals surface area contributed by atoms with Gasteiger partial charge in [0, 0.05) is 18.1 Å². The lowest BCUT2D eigenvalue weighted by atomic mass is 10.2. The molecule has 1 unspecified atom stereocenters. The van der Waals surface area contributed by atoms with Crippen molar-refractivity contribution < 1.29 is 9.84 Å². The van der Waals surface area contributed by atoms with Crippen LogP contribution in [0, 0.1) is 0 Å². The Kier molecular flexibility index (Phi) is 5.86. The van der Waals surface area contributed by atoms with Crippen molar-refractivity contribution >= 4 is 15.9 Å².